The van der Waals surface area contributed by atoms with Gasteiger partial charge in [-0.15, -0.1) is 0 Å². The summed E-state index contributed by atoms with van der Waals surface area (Å²) in [7, 11) is 0. The maximum atomic E-state index is 14.3. The van der Waals surface area contributed by atoms with E-state index in [0.717, 1.165) is 0 Å². The van der Waals surface area contributed by atoms with Crippen molar-refractivity contribution >= 4 is 12.1 Å². The van der Waals surface area contributed by atoms with E-state index in [4.69, 9.17) is 9.47 Å². The van der Waals surface area contributed by atoms with Crippen molar-refractivity contribution in [1.82, 2.24) is 4.90 Å². The molecule has 0 bridgehead atoms. The summed E-state index contributed by atoms with van der Waals surface area (Å²) in [6.07, 6.45) is 0.975. The van der Waals surface area contributed by atoms with Gasteiger partial charge in [0.15, 0.2) is 0 Å². The monoisotopic (exact) mass is 315 g/mol. The van der Waals surface area contributed by atoms with Gasteiger partial charge >= 0.3 is 12.1 Å². The Hall–Kier alpha value is -1.59. The van der Waals surface area contributed by atoms with Crippen LogP contribution >= 0.6 is 0 Å². The first-order chi connectivity index (χ1) is 9.99. The summed E-state index contributed by atoms with van der Waals surface area (Å²) in [5.74, 6) is -0.509. The second-order valence-corrected chi connectivity index (χ2v) is 6.98. The molecule has 2 unspecified atom stereocenters. The Labute approximate surface area is 131 Å². The van der Waals surface area contributed by atoms with Crippen LogP contribution in [0, 0.1) is 5.41 Å². The molecule has 6 heteroatoms. The molecule has 0 radical (unpaired) electrons. The minimum atomic E-state index is -1.20. The maximum Gasteiger partial charge on any atom is 0.410 e. The second-order valence-electron chi connectivity index (χ2n) is 6.98. The van der Waals surface area contributed by atoms with E-state index >= 15 is 0 Å². The summed E-state index contributed by atoms with van der Waals surface area (Å²) in [6.45, 7) is 10.6. The van der Waals surface area contributed by atoms with E-state index in [0.29, 0.717) is 0 Å². The van der Waals surface area contributed by atoms with E-state index < -0.39 is 35.3 Å². The molecule has 1 amide bonds. The Balaban J connectivity index is 2.95. The zero-order chi connectivity index (χ0) is 17.1. The number of nitrogens with zero attached hydrogens (tertiary/aromatic N) is 1. The molecular formula is C16H26FNO4. The van der Waals surface area contributed by atoms with Gasteiger partial charge in [0.2, 0.25) is 0 Å². The predicted octanol–water partition coefficient (Wildman–Crippen LogP) is 3.09. The van der Waals surface area contributed by atoms with E-state index in [2.05, 4.69) is 0 Å². The fourth-order valence-corrected chi connectivity index (χ4v) is 2.33. The van der Waals surface area contributed by atoms with Crippen molar-refractivity contribution in [3.63, 3.8) is 0 Å². The van der Waals surface area contributed by atoms with Gasteiger partial charge in [0.1, 0.15) is 11.8 Å². The molecule has 0 aromatic carbocycles. The summed E-state index contributed by atoms with van der Waals surface area (Å²) in [6, 6.07) is -0.568. The fourth-order valence-electron chi connectivity index (χ4n) is 2.33. The number of rotatable bonds is 3. The minimum Gasteiger partial charge on any atom is -0.463 e. The lowest BCUT2D eigenvalue weighted by Crippen LogP contribution is -2.42. The largest absolute Gasteiger partial charge is 0.463 e. The van der Waals surface area contributed by atoms with Crippen LogP contribution in [0.15, 0.2) is 12.2 Å². The van der Waals surface area contributed by atoms with Crippen LogP contribution in [-0.2, 0) is 14.3 Å². The van der Waals surface area contributed by atoms with E-state index in [9.17, 15) is 14.0 Å². The molecule has 5 nitrogen and oxygen atoms in total. The highest BCUT2D eigenvalue weighted by Crippen LogP contribution is 2.39. The van der Waals surface area contributed by atoms with Crippen LogP contribution in [0.25, 0.3) is 0 Å². The molecule has 0 N–H and O–H groups in total. The SMILES string of the molecule is CCOC(=O)/C=C/C1N(C(=O)OC(C)(C)C)CC(F)C1(C)C. The topological polar surface area (TPSA) is 55.8 Å². The summed E-state index contributed by atoms with van der Waals surface area (Å²) < 4.78 is 24.4. The lowest BCUT2D eigenvalue weighted by atomic mass is 9.83. The third-order valence-corrected chi connectivity index (χ3v) is 3.59. The quantitative estimate of drug-likeness (QED) is 0.593. The molecule has 126 valence electrons. The van der Waals surface area contributed by atoms with Crippen molar-refractivity contribution in [3.8, 4) is 0 Å². The molecule has 1 aliphatic rings. The highest BCUT2D eigenvalue weighted by molar-refractivity contribution is 5.82. The molecule has 1 fully saturated rings. The van der Waals surface area contributed by atoms with Crippen LogP contribution in [0.1, 0.15) is 41.5 Å². The second kappa shape index (κ2) is 6.67. The number of carbonyl (C=O) groups excluding carboxylic acids is 2. The van der Waals surface area contributed by atoms with Crippen molar-refractivity contribution in [2.24, 2.45) is 5.41 Å². The van der Waals surface area contributed by atoms with Crippen LogP contribution in [-0.4, -0.2) is 47.9 Å². The van der Waals surface area contributed by atoms with E-state index in [-0.39, 0.29) is 13.2 Å². The molecule has 22 heavy (non-hydrogen) atoms. The molecular weight excluding hydrogens is 289 g/mol. The van der Waals surface area contributed by atoms with Gasteiger partial charge in [-0.05, 0) is 27.7 Å². The number of carbonyl (C=O) groups is 2. The first kappa shape index (κ1) is 18.5. The third kappa shape index (κ3) is 4.45. The molecule has 2 atom stereocenters. The van der Waals surface area contributed by atoms with E-state index in [1.165, 1.54) is 17.1 Å². The van der Waals surface area contributed by atoms with Crippen LogP contribution in [0.3, 0.4) is 0 Å². The fraction of sp³-hybridized carbons (Fsp3) is 0.750. The number of halogens is 1. The molecule has 0 aliphatic carbocycles. The smallest absolute Gasteiger partial charge is 0.410 e. The Morgan fingerprint density at radius 2 is 1.95 bits per heavy atom. The van der Waals surface area contributed by atoms with Crippen LogP contribution in [0.2, 0.25) is 0 Å². The van der Waals surface area contributed by atoms with Gasteiger partial charge in [-0.25, -0.2) is 14.0 Å². The molecule has 1 rings (SSSR count). The average molecular weight is 315 g/mol. The number of hydrogen-bond acceptors (Lipinski definition) is 4. The number of esters is 1. The van der Waals surface area contributed by atoms with Crippen molar-refractivity contribution < 1.29 is 23.5 Å². The Morgan fingerprint density at radius 1 is 1.36 bits per heavy atom. The first-order valence-corrected chi connectivity index (χ1v) is 7.47. The molecule has 1 saturated heterocycles. The summed E-state index contributed by atoms with van der Waals surface area (Å²) in [4.78, 5) is 25.0. The Kier molecular flexibility index (Phi) is 5.59. The van der Waals surface area contributed by atoms with Gasteiger partial charge < -0.3 is 9.47 Å². The van der Waals surface area contributed by atoms with Gasteiger partial charge in [0.25, 0.3) is 0 Å². The molecule has 0 aromatic rings. The number of hydrogen-bond donors (Lipinski definition) is 0. The molecule has 1 heterocycles. The lowest BCUT2D eigenvalue weighted by Gasteiger charge is -2.31. The summed E-state index contributed by atoms with van der Waals surface area (Å²) in [5, 5.41) is 0. The van der Waals surface area contributed by atoms with Crippen molar-refractivity contribution in [3.05, 3.63) is 12.2 Å². The standard InChI is InChI=1S/C16H26FNO4/c1-7-21-13(19)9-8-12-16(5,6)11(17)10-18(12)14(20)22-15(2,3)4/h8-9,11-12H,7,10H2,1-6H3/b9-8+. The number of ether oxygens (including phenoxy) is 2. The van der Waals surface area contributed by atoms with Gasteiger partial charge in [-0.1, -0.05) is 19.9 Å². The van der Waals surface area contributed by atoms with Crippen LogP contribution < -0.4 is 0 Å². The third-order valence-electron chi connectivity index (χ3n) is 3.59. The zero-order valence-electron chi connectivity index (χ0n) is 14.2. The normalized spacial score (nSPS) is 24.6. The molecule has 1 aliphatic heterocycles. The Morgan fingerprint density at radius 3 is 2.45 bits per heavy atom. The van der Waals surface area contributed by atoms with Crippen LogP contribution in [0.4, 0.5) is 9.18 Å². The zero-order valence-corrected chi connectivity index (χ0v) is 14.2. The number of likely N-dealkylation sites (tertiary alicyclic amines) is 1. The maximum absolute atomic E-state index is 14.3. The van der Waals surface area contributed by atoms with Crippen molar-refractivity contribution in [2.75, 3.05) is 13.2 Å². The van der Waals surface area contributed by atoms with Gasteiger partial charge in [0.05, 0.1) is 19.2 Å². The minimum absolute atomic E-state index is 0.0558. The van der Waals surface area contributed by atoms with E-state index in [1.807, 2.05) is 0 Å². The number of amides is 1. The van der Waals surface area contributed by atoms with E-state index in [1.54, 1.807) is 41.5 Å². The van der Waals surface area contributed by atoms with Crippen molar-refractivity contribution in [1.29, 1.82) is 0 Å². The highest BCUT2D eigenvalue weighted by Gasteiger charge is 2.50. The summed E-state index contributed by atoms with van der Waals surface area (Å²) >= 11 is 0. The highest BCUT2D eigenvalue weighted by atomic mass is 19.1. The van der Waals surface area contributed by atoms with Gasteiger partial charge in [0, 0.05) is 11.5 Å². The lowest BCUT2D eigenvalue weighted by molar-refractivity contribution is -0.137. The van der Waals surface area contributed by atoms with Gasteiger partial charge in [-0.2, -0.15) is 0 Å². The van der Waals surface area contributed by atoms with Gasteiger partial charge in [-0.3, -0.25) is 4.90 Å². The first-order valence-electron chi connectivity index (χ1n) is 7.47. The Bertz CT molecular complexity index is 454. The predicted molar refractivity (Wildman–Crippen MR) is 81.2 cm³/mol. The molecule has 0 spiro atoms. The van der Waals surface area contributed by atoms with Crippen LogP contribution in [0.5, 0.6) is 0 Å². The average Bonchev–Trinajstić information content (AvgIpc) is 2.57. The summed E-state index contributed by atoms with van der Waals surface area (Å²) in [5.41, 5.74) is -1.47. The van der Waals surface area contributed by atoms with Crippen molar-refractivity contribution in [2.45, 2.75) is 59.4 Å². The number of alkyl halides is 1. The molecule has 0 aromatic heterocycles. The molecule has 0 saturated carbocycles.